The van der Waals surface area contributed by atoms with E-state index >= 15 is 0 Å². The monoisotopic (exact) mass is 202 g/mol. The molecular formula is C12H23Cl. The lowest BCUT2D eigenvalue weighted by Gasteiger charge is -2.25. The van der Waals surface area contributed by atoms with Crippen molar-refractivity contribution in [2.45, 2.75) is 58.8 Å². The first-order chi connectivity index (χ1) is 5.88. The fraction of sp³-hybridized carbons (Fsp3) is 0.833. The Balaban J connectivity index is 3.60. The highest BCUT2D eigenvalue weighted by molar-refractivity contribution is 6.21. The molecule has 78 valence electrons. The third-order valence-corrected chi connectivity index (χ3v) is 3.30. The van der Waals surface area contributed by atoms with Crippen molar-refractivity contribution in [2.75, 3.05) is 0 Å². The molecule has 0 bridgehead atoms. The van der Waals surface area contributed by atoms with Gasteiger partial charge in [0.15, 0.2) is 0 Å². The molecule has 0 rings (SSSR count). The average molecular weight is 203 g/mol. The zero-order valence-corrected chi connectivity index (χ0v) is 10.2. The van der Waals surface area contributed by atoms with Crippen LogP contribution in [0.2, 0.25) is 0 Å². The minimum absolute atomic E-state index is 0.231. The zero-order chi connectivity index (χ0) is 10.5. The molecule has 1 atom stereocenters. The van der Waals surface area contributed by atoms with Gasteiger partial charge in [-0.2, -0.15) is 0 Å². The van der Waals surface area contributed by atoms with Crippen molar-refractivity contribution in [2.24, 2.45) is 5.41 Å². The molecule has 0 radical (unpaired) electrons. The summed E-state index contributed by atoms with van der Waals surface area (Å²) in [6, 6.07) is 0. The molecule has 0 aromatic heterocycles. The van der Waals surface area contributed by atoms with E-state index < -0.39 is 0 Å². The second kappa shape index (κ2) is 5.70. The Kier molecular flexibility index (Phi) is 5.71. The summed E-state index contributed by atoms with van der Waals surface area (Å²) >= 11 is 6.25. The van der Waals surface area contributed by atoms with E-state index in [1.54, 1.807) is 0 Å². The van der Waals surface area contributed by atoms with Crippen LogP contribution < -0.4 is 0 Å². The predicted molar refractivity (Wildman–Crippen MR) is 62.4 cm³/mol. The first-order valence-electron chi connectivity index (χ1n) is 5.18. The lowest BCUT2D eigenvalue weighted by Crippen LogP contribution is -2.20. The Hall–Kier alpha value is 0.0300. The Morgan fingerprint density at radius 1 is 1.38 bits per heavy atom. The number of hydrogen-bond donors (Lipinski definition) is 0. The minimum Gasteiger partial charge on any atom is -0.122 e. The molecule has 0 aliphatic carbocycles. The Morgan fingerprint density at radius 3 is 2.31 bits per heavy atom. The molecule has 13 heavy (non-hydrogen) atoms. The second-order valence-corrected chi connectivity index (χ2v) is 5.36. The van der Waals surface area contributed by atoms with Gasteiger partial charge in [-0.05, 0) is 31.1 Å². The highest BCUT2D eigenvalue weighted by Crippen LogP contribution is 2.28. The van der Waals surface area contributed by atoms with Crippen molar-refractivity contribution in [3.63, 3.8) is 0 Å². The smallest absolute Gasteiger partial charge is 0.0384 e. The van der Waals surface area contributed by atoms with Crippen molar-refractivity contribution in [1.82, 2.24) is 0 Å². The Labute approximate surface area is 88.4 Å². The Bertz CT molecular complexity index is 153. The summed E-state index contributed by atoms with van der Waals surface area (Å²) in [6.07, 6.45) is 4.51. The number of allylic oxidation sites excluding steroid dienone is 1. The normalized spacial score (nSPS) is 14.2. The van der Waals surface area contributed by atoms with Crippen LogP contribution >= 0.6 is 11.6 Å². The standard InChI is InChI=1S/C12H23Cl/c1-6-10(2)8-7-9-11(13)12(3,4)5/h11H,2,6-9H2,1,3-5H3. The molecule has 1 unspecified atom stereocenters. The second-order valence-electron chi connectivity index (χ2n) is 4.83. The van der Waals surface area contributed by atoms with E-state index in [2.05, 4.69) is 34.3 Å². The van der Waals surface area contributed by atoms with Crippen LogP contribution in [-0.4, -0.2) is 5.38 Å². The lowest BCUT2D eigenvalue weighted by molar-refractivity contribution is 0.368. The summed E-state index contributed by atoms with van der Waals surface area (Å²) < 4.78 is 0. The molecule has 0 amide bonds. The summed E-state index contributed by atoms with van der Waals surface area (Å²) in [5, 5.41) is 0.289. The third-order valence-electron chi connectivity index (χ3n) is 2.43. The number of hydrogen-bond acceptors (Lipinski definition) is 0. The predicted octanol–water partition coefficient (Wildman–Crippen LogP) is 4.78. The van der Waals surface area contributed by atoms with Gasteiger partial charge in [-0.1, -0.05) is 39.8 Å². The molecule has 0 spiro atoms. The van der Waals surface area contributed by atoms with Gasteiger partial charge < -0.3 is 0 Å². The third kappa shape index (κ3) is 6.15. The van der Waals surface area contributed by atoms with Gasteiger partial charge in [0.1, 0.15) is 0 Å². The first-order valence-corrected chi connectivity index (χ1v) is 5.62. The van der Waals surface area contributed by atoms with Crippen LogP contribution in [0.3, 0.4) is 0 Å². The maximum absolute atomic E-state index is 6.25. The zero-order valence-electron chi connectivity index (χ0n) is 9.49. The van der Waals surface area contributed by atoms with Gasteiger partial charge in [0, 0.05) is 5.38 Å². The van der Waals surface area contributed by atoms with Gasteiger partial charge in [-0.15, -0.1) is 11.6 Å². The van der Waals surface area contributed by atoms with Gasteiger partial charge in [0.25, 0.3) is 0 Å². The SMILES string of the molecule is C=C(CC)CCCC(Cl)C(C)(C)C. The summed E-state index contributed by atoms with van der Waals surface area (Å²) in [6.45, 7) is 12.7. The summed E-state index contributed by atoms with van der Waals surface area (Å²) in [5.74, 6) is 0. The molecule has 0 fully saturated rings. The molecule has 0 aromatic carbocycles. The van der Waals surface area contributed by atoms with E-state index in [0.717, 1.165) is 19.3 Å². The van der Waals surface area contributed by atoms with Crippen LogP contribution in [0.15, 0.2) is 12.2 Å². The van der Waals surface area contributed by atoms with E-state index in [1.807, 2.05) is 0 Å². The van der Waals surface area contributed by atoms with Crippen molar-refractivity contribution in [3.8, 4) is 0 Å². The highest BCUT2D eigenvalue weighted by atomic mass is 35.5. The molecule has 0 aromatic rings. The van der Waals surface area contributed by atoms with Crippen molar-refractivity contribution in [3.05, 3.63) is 12.2 Å². The fourth-order valence-electron chi connectivity index (χ4n) is 1.14. The van der Waals surface area contributed by atoms with Crippen LogP contribution in [0.1, 0.15) is 53.4 Å². The van der Waals surface area contributed by atoms with Gasteiger partial charge >= 0.3 is 0 Å². The van der Waals surface area contributed by atoms with E-state index in [0.29, 0.717) is 0 Å². The largest absolute Gasteiger partial charge is 0.122 e. The molecule has 0 saturated carbocycles. The van der Waals surface area contributed by atoms with E-state index in [-0.39, 0.29) is 10.8 Å². The Morgan fingerprint density at radius 2 is 1.92 bits per heavy atom. The van der Waals surface area contributed by atoms with Gasteiger partial charge in [-0.25, -0.2) is 0 Å². The molecule has 0 saturated heterocycles. The van der Waals surface area contributed by atoms with Gasteiger partial charge in [0.05, 0.1) is 0 Å². The van der Waals surface area contributed by atoms with E-state index in [1.165, 1.54) is 12.0 Å². The number of rotatable bonds is 5. The molecule has 0 N–H and O–H groups in total. The topological polar surface area (TPSA) is 0 Å². The quantitative estimate of drug-likeness (QED) is 0.445. The van der Waals surface area contributed by atoms with E-state index in [9.17, 15) is 0 Å². The summed E-state index contributed by atoms with van der Waals surface area (Å²) in [7, 11) is 0. The summed E-state index contributed by atoms with van der Waals surface area (Å²) in [4.78, 5) is 0. The fourth-order valence-corrected chi connectivity index (χ4v) is 1.30. The molecule has 0 aliphatic heterocycles. The molecule has 0 aliphatic rings. The average Bonchev–Trinajstić information content (AvgIpc) is 2.02. The molecule has 0 heterocycles. The van der Waals surface area contributed by atoms with Gasteiger partial charge in [0.2, 0.25) is 0 Å². The van der Waals surface area contributed by atoms with Crippen LogP contribution in [0.5, 0.6) is 0 Å². The van der Waals surface area contributed by atoms with Crippen LogP contribution in [0.25, 0.3) is 0 Å². The molecular weight excluding hydrogens is 180 g/mol. The van der Waals surface area contributed by atoms with Crippen LogP contribution in [-0.2, 0) is 0 Å². The maximum atomic E-state index is 6.25. The highest BCUT2D eigenvalue weighted by Gasteiger charge is 2.21. The number of alkyl halides is 1. The van der Waals surface area contributed by atoms with Crippen LogP contribution in [0.4, 0.5) is 0 Å². The molecule has 1 heteroatoms. The van der Waals surface area contributed by atoms with Crippen LogP contribution in [0, 0.1) is 5.41 Å². The van der Waals surface area contributed by atoms with Crippen molar-refractivity contribution in [1.29, 1.82) is 0 Å². The molecule has 0 nitrogen and oxygen atoms in total. The van der Waals surface area contributed by atoms with Crippen molar-refractivity contribution >= 4 is 11.6 Å². The van der Waals surface area contributed by atoms with Gasteiger partial charge in [-0.3, -0.25) is 0 Å². The maximum Gasteiger partial charge on any atom is 0.0384 e. The first kappa shape index (κ1) is 13.0. The summed E-state index contributed by atoms with van der Waals surface area (Å²) in [5.41, 5.74) is 1.58. The lowest BCUT2D eigenvalue weighted by atomic mass is 9.88. The van der Waals surface area contributed by atoms with E-state index in [4.69, 9.17) is 11.6 Å². The number of halogens is 1. The minimum atomic E-state index is 0.231. The van der Waals surface area contributed by atoms with Crippen molar-refractivity contribution < 1.29 is 0 Å².